The van der Waals surface area contributed by atoms with Crippen molar-refractivity contribution in [3.63, 3.8) is 0 Å². The molecule has 6 heteroatoms. The molecule has 2 aromatic rings. The molecule has 1 fully saturated rings. The molecule has 0 radical (unpaired) electrons. The molecule has 21 heavy (non-hydrogen) atoms. The Morgan fingerprint density at radius 2 is 2.29 bits per heavy atom. The van der Waals surface area contributed by atoms with Gasteiger partial charge in [-0.3, -0.25) is 14.7 Å². The zero-order valence-electron chi connectivity index (χ0n) is 12.9. The van der Waals surface area contributed by atoms with Crippen molar-refractivity contribution in [1.82, 2.24) is 29.9 Å². The van der Waals surface area contributed by atoms with Crippen LogP contribution in [-0.2, 0) is 13.0 Å². The van der Waals surface area contributed by atoms with Crippen molar-refractivity contribution in [2.24, 2.45) is 0 Å². The molecule has 1 aliphatic rings. The standard InChI is InChI=1S/C15H24N6/c1-3-21-13(7-9-16-21)8-11-20-10-5-4-6-14(20)15-17-12(2)18-19-15/h7,9,14H,3-6,8,10-11H2,1-2H3,(H,17,18,19)/t14-/m0/s1. The lowest BCUT2D eigenvalue weighted by atomic mass is 10.0. The molecule has 0 aromatic carbocycles. The summed E-state index contributed by atoms with van der Waals surface area (Å²) in [5.74, 6) is 1.86. The van der Waals surface area contributed by atoms with Crippen LogP contribution in [0.4, 0.5) is 0 Å². The van der Waals surface area contributed by atoms with Crippen LogP contribution in [0, 0.1) is 6.92 Å². The maximum Gasteiger partial charge on any atom is 0.167 e. The second-order valence-corrected chi connectivity index (χ2v) is 5.71. The SMILES string of the molecule is CCn1nccc1CCN1CCCC[C@H]1c1n[nH]c(C)n1. The van der Waals surface area contributed by atoms with Crippen LogP contribution in [0.1, 0.15) is 49.6 Å². The van der Waals surface area contributed by atoms with E-state index in [2.05, 4.69) is 42.9 Å². The number of likely N-dealkylation sites (tertiary alicyclic amines) is 1. The first-order valence-electron chi connectivity index (χ1n) is 7.91. The Morgan fingerprint density at radius 3 is 3.05 bits per heavy atom. The predicted molar refractivity (Wildman–Crippen MR) is 80.9 cm³/mol. The smallest absolute Gasteiger partial charge is 0.167 e. The number of piperidine rings is 1. The molecular formula is C15H24N6. The van der Waals surface area contributed by atoms with Crippen LogP contribution < -0.4 is 0 Å². The Hall–Kier alpha value is -1.69. The molecule has 1 saturated heterocycles. The van der Waals surface area contributed by atoms with E-state index >= 15 is 0 Å². The molecule has 0 bridgehead atoms. The highest BCUT2D eigenvalue weighted by molar-refractivity contribution is 5.03. The predicted octanol–water partition coefficient (Wildman–Crippen LogP) is 2.10. The quantitative estimate of drug-likeness (QED) is 0.915. The summed E-state index contributed by atoms with van der Waals surface area (Å²) in [6, 6.07) is 2.49. The third-order valence-electron chi connectivity index (χ3n) is 4.29. The van der Waals surface area contributed by atoms with Crippen LogP contribution in [0.5, 0.6) is 0 Å². The summed E-state index contributed by atoms with van der Waals surface area (Å²) >= 11 is 0. The number of aryl methyl sites for hydroxylation is 2. The highest BCUT2D eigenvalue weighted by atomic mass is 15.3. The van der Waals surface area contributed by atoms with Gasteiger partial charge in [0.25, 0.3) is 0 Å². The van der Waals surface area contributed by atoms with Crippen molar-refractivity contribution < 1.29 is 0 Å². The third-order valence-corrected chi connectivity index (χ3v) is 4.29. The van der Waals surface area contributed by atoms with Crippen LogP contribution in [0.15, 0.2) is 12.3 Å². The van der Waals surface area contributed by atoms with Gasteiger partial charge < -0.3 is 0 Å². The van der Waals surface area contributed by atoms with Crippen molar-refractivity contribution in [2.75, 3.05) is 13.1 Å². The van der Waals surface area contributed by atoms with Crippen LogP contribution in [0.3, 0.4) is 0 Å². The first kappa shape index (κ1) is 14.3. The topological polar surface area (TPSA) is 62.6 Å². The van der Waals surface area contributed by atoms with E-state index < -0.39 is 0 Å². The number of aromatic nitrogens is 5. The average molecular weight is 288 g/mol. The summed E-state index contributed by atoms with van der Waals surface area (Å²) in [6.45, 7) is 7.22. The molecule has 6 nitrogen and oxygen atoms in total. The molecule has 0 unspecified atom stereocenters. The summed E-state index contributed by atoms with van der Waals surface area (Å²) in [5, 5.41) is 11.7. The molecule has 1 N–H and O–H groups in total. The fourth-order valence-electron chi connectivity index (χ4n) is 3.18. The summed E-state index contributed by atoms with van der Waals surface area (Å²) in [7, 11) is 0. The minimum absolute atomic E-state index is 0.363. The molecule has 0 saturated carbocycles. The van der Waals surface area contributed by atoms with Crippen molar-refractivity contribution in [3.8, 4) is 0 Å². The number of H-pyrrole nitrogens is 1. The maximum atomic E-state index is 4.54. The molecule has 3 heterocycles. The number of nitrogens with one attached hydrogen (secondary N) is 1. The number of rotatable bonds is 5. The van der Waals surface area contributed by atoms with E-state index in [9.17, 15) is 0 Å². The number of hydrogen-bond donors (Lipinski definition) is 1. The van der Waals surface area contributed by atoms with Gasteiger partial charge in [-0.05, 0) is 39.3 Å². The van der Waals surface area contributed by atoms with Gasteiger partial charge in [-0.15, -0.1) is 0 Å². The van der Waals surface area contributed by atoms with Crippen LogP contribution in [-0.4, -0.2) is 43.0 Å². The molecule has 3 rings (SSSR count). The van der Waals surface area contributed by atoms with Crippen LogP contribution in [0.2, 0.25) is 0 Å². The lowest BCUT2D eigenvalue weighted by Crippen LogP contribution is -2.35. The van der Waals surface area contributed by atoms with Gasteiger partial charge in [-0.25, -0.2) is 4.98 Å². The first-order chi connectivity index (χ1) is 10.3. The second kappa shape index (κ2) is 6.39. The van der Waals surface area contributed by atoms with Gasteiger partial charge >= 0.3 is 0 Å². The zero-order chi connectivity index (χ0) is 14.7. The first-order valence-corrected chi connectivity index (χ1v) is 7.91. The fourth-order valence-corrected chi connectivity index (χ4v) is 3.18. The molecule has 0 aliphatic carbocycles. The van der Waals surface area contributed by atoms with E-state index in [1.807, 2.05) is 13.1 Å². The van der Waals surface area contributed by atoms with E-state index in [4.69, 9.17) is 0 Å². The lowest BCUT2D eigenvalue weighted by Gasteiger charge is -2.33. The zero-order valence-corrected chi connectivity index (χ0v) is 12.9. The Kier molecular flexibility index (Phi) is 4.34. The van der Waals surface area contributed by atoms with Gasteiger partial charge in [0.1, 0.15) is 5.82 Å². The summed E-state index contributed by atoms with van der Waals surface area (Å²) in [6.07, 6.45) is 6.62. The van der Waals surface area contributed by atoms with Crippen LogP contribution in [0.25, 0.3) is 0 Å². The molecule has 114 valence electrons. The normalized spacial score (nSPS) is 20.0. The Balaban J connectivity index is 1.67. The van der Waals surface area contributed by atoms with Gasteiger partial charge in [0.05, 0.1) is 6.04 Å². The van der Waals surface area contributed by atoms with Gasteiger partial charge in [-0.2, -0.15) is 10.2 Å². The van der Waals surface area contributed by atoms with Crippen LogP contribution >= 0.6 is 0 Å². The molecule has 2 aromatic heterocycles. The molecule has 0 amide bonds. The Morgan fingerprint density at radius 1 is 1.38 bits per heavy atom. The summed E-state index contributed by atoms with van der Waals surface area (Å²) in [4.78, 5) is 7.06. The third kappa shape index (κ3) is 3.15. The Bertz CT molecular complexity index is 572. The number of hydrogen-bond acceptors (Lipinski definition) is 4. The van der Waals surface area contributed by atoms with E-state index in [-0.39, 0.29) is 0 Å². The molecule has 0 spiro atoms. The number of nitrogens with zero attached hydrogens (tertiary/aromatic N) is 5. The Labute approximate surface area is 125 Å². The molecule has 1 aliphatic heterocycles. The van der Waals surface area contributed by atoms with Gasteiger partial charge in [0.15, 0.2) is 5.82 Å². The second-order valence-electron chi connectivity index (χ2n) is 5.71. The largest absolute Gasteiger partial charge is 0.293 e. The highest BCUT2D eigenvalue weighted by Crippen LogP contribution is 2.28. The van der Waals surface area contributed by atoms with E-state index in [0.29, 0.717) is 6.04 Å². The summed E-state index contributed by atoms with van der Waals surface area (Å²) in [5.41, 5.74) is 1.31. The number of aromatic amines is 1. The minimum atomic E-state index is 0.363. The van der Waals surface area contributed by atoms with E-state index in [0.717, 1.165) is 44.1 Å². The van der Waals surface area contributed by atoms with Gasteiger partial charge in [0.2, 0.25) is 0 Å². The van der Waals surface area contributed by atoms with Gasteiger partial charge in [0, 0.05) is 31.4 Å². The lowest BCUT2D eigenvalue weighted by molar-refractivity contribution is 0.143. The van der Waals surface area contributed by atoms with Crippen molar-refractivity contribution in [3.05, 3.63) is 29.6 Å². The summed E-state index contributed by atoms with van der Waals surface area (Å²) < 4.78 is 2.08. The van der Waals surface area contributed by atoms with Crippen molar-refractivity contribution in [1.29, 1.82) is 0 Å². The molecular weight excluding hydrogens is 264 g/mol. The van der Waals surface area contributed by atoms with Crippen molar-refractivity contribution >= 4 is 0 Å². The van der Waals surface area contributed by atoms with Crippen molar-refractivity contribution in [2.45, 2.75) is 52.1 Å². The monoisotopic (exact) mass is 288 g/mol. The van der Waals surface area contributed by atoms with Gasteiger partial charge in [-0.1, -0.05) is 6.42 Å². The van der Waals surface area contributed by atoms with E-state index in [1.165, 1.54) is 18.5 Å². The average Bonchev–Trinajstić information content (AvgIpc) is 3.13. The van der Waals surface area contributed by atoms with E-state index in [1.54, 1.807) is 0 Å². The minimum Gasteiger partial charge on any atom is -0.293 e. The molecule has 1 atom stereocenters. The fraction of sp³-hybridized carbons (Fsp3) is 0.667. The highest BCUT2D eigenvalue weighted by Gasteiger charge is 2.26. The maximum absolute atomic E-state index is 4.54.